The third-order valence-corrected chi connectivity index (χ3v) is 8.45. The molecule has 10 heteroatoms. The molecule has 2 saturated heterocycles. The molecule has 39 heavy (non-hydrogen) atoms. The molecule has 0 unspecified atom stereocenters. The molecular formula is C29H24N4O4S2. The zero-order valence-corrected chi connectivity index (χ0v) is 22.4. The maximum Gasteiger partial charge on any atom is 0.290 e. The fraction of sp³-hybridized carbons (Fsp3) is 0.172. The van der Waals surface area contributed by atoms with E-state index >= 15 is 0 Å². The Morgan fingerprint density at radius 1 is 1.05 bits per heavy atom. The van der Waals surface area contributed by atoms with Crippen LogP contribution in [0.5, 0.6) is 0 Å². The molecule has 2 N–H and O–H groups in total. The molecule has 0 aliphatic carbocycles. The molecule has 2 aromatic heterocycles. The normalized spacial score (nSPS) is 17.1. The van der Waals surface area contributed by atoms with Gasteiger partial charge in [0.2, 0.25) is 0 Å². The van der Waals surface area contributed by atoms with Crippen molar-refractivity contribution >= 4 is 62.8 Å². The number of nitrogens with one attached hydrogen (secondary N) is 2. The van der Waals surface area contributed by atoms with Crippen molar-refractivity contribution in [3.63, 3.8) is 0 Å². The van der Waals surface area contributed by atoms with Crippen LogP contribution in [-0.4, -0.2) is 53.2 Å². The average Bonchev–Trinajstić information content (AvgIpc) is 3.56. The second-order valence-corrected chi connectivity index (χ2v) is 11.3. The lowest BCUT2D eigenvalue weighted by atomic mass is 10.0. The lowest BCUT2D eigenvalue weighted by Crippen LogP contribution is -2.35. The van der Waals surface area contributed by atoms with E-state index in [-0.39, 0.29) is 11.1 Å². The first-order valence-electron chi connectivity index (χ1n) is 12.5. The number of ether oxygens (including phenoxy) is 1. The van der Waals surface area contributed by atoms with Crippen LogP contribution in [-0.2, 0) is 16.1 Å². The molecule has 2 aliphatic heterocycles. The van der Waals surface area contributed by atoms with E-state index < -0.39 is 5.91 Å². The third kappa shape index (κ3) is 5.79. The van der Waals surface area contributed by atoms with Crippen molar-refractivity contribution in [2.24, 2.45) is 0 Å². The standard InChI is InChI=1S/C29H24N4O4S2/c34-27(31-20-4-1-18(2-5-20)17-33-11-13-37-14-12-33)25-8-7-24(38-25)21-9-10-30-23-6-3-19(15-22(21)23)16-26-28(35)32-29(36)39-26/h1-10,15-16H,11-14,17H2,(H,31,34)(H,32,35,36). The van der Waals surface area contributed by atoms with Crippen LogP contribution in [0.15, 0.2) is 71.8 Å². The number of carbonyl (C=O) groups is 3. The molecule has 4 heterocycles. The number of benzene rings is 2. The zero-order chi connectivity index (χ0) is 26.8. The van der Waals surface area contributed by atoms with Gasteiger partial charge in [-0.15, -0.1) is 11.3 Å². The summed E-state index contributed by atoms with van der Waals surface area (Å²) in [7, 11) is 0. The van der Waals surface area contributed by atoms with Crippen molar-refractivity contribution in [1.82, 2.24) is 15.2 Å². The highest BCUT2D eigenvalue weighted by Crippen LogP contribution is 2.35. The topological polar surface area (TPSA) is 101 Å². The summed E-state index contributed by atoms with van der Waals surface area (Å²) >= 11 is 2.29. The third-order valence-electron chi connectivity index (χ3n) is 6.52. The van der Waals surface area contributed by atoms with E-state index in [0.717, 1.165) is 77.2 Å². The SMILES string of the molecule is O=C1NC(=O)C(=Cc2ccc3nccc(-c4ccc(C(=O)Nc5ccc(CN6CCOCC6)cc5)s4)c3c2)S1. The second-order valence-electron chi connectivity index (χ2n) is 9.19. The summed E-state index contributed by atoms with van der Waals surface area (Å²) in [6, 6.07) is 19.3. The number of hydrogen-bond donors (Lipinski definition) is 2. The predicted octanol–water partition coefficient (Wildman–Crippen LogP) is 5.37. The summed E-state index contributed by atoms with van der Waals surface area (Å²) in [5.41, 5.74) is 4.48. The largest absolute Gasteiger partial charge is 0.379 e. The summed E-state index contributed by atoms with van der Waals surface area (Å²) in [4.78, 5) is 45.2. The highest BCUT2D eigenvalue weighted by Gasteiger charge is 2.25. The number of pyridine rings is 1. The molecule has 2 fully saturated rings. The minimum absolute atomic E-state index is 0.162. The zero-order valence-electron chi connectivity index (χ0n) is 20.8. The molecule has 0 radical (unpaired) electrons. The summed E-state index contributed by atoms with van der Waals surface area (Å²) in [6.07, 6.45) is 3.44. The van der Waals surface area contributed by atoms with E-state index in [1.807, 2.05) is 60.7 Å². The van der Waals surface area contributed by atoms with Crippen molar-refractivity contribution in [3.05, 3.63) is 87.8 Å². The fourth-order valence-corrected chi connectivity index (χ4v) is 6.17. The maximum absolute atomic E-state index is 13.0. The Kier molecular flexibility index (Phi) is 7.25. The Bertz CT molecular complexity index is 1610. The van der Waals surface area contributed by atoms with Crippen molar-refractivity contribution in [2.45, 2.75) is 6.54 Å². The molecule has 196 valence electrons. The first-order valence-corrected chi connectivity index (χ1v) is 14.1. The molecule has 8 nitrogen and oxygen atoms in total. The molecule has 2 aliphatic rings. The smallest absolute Gasteiger partial charge is 0.290 e. The number of fused-ring (bicyclic) bond motifs is 1. The van der Waals surface area contributed by atoms with Gasteiger partial charge in [-0.3, -0.25) is 29.6 Å². The van der Waals surface area contributed by atoms with Crippen molar-refractivity contribution < 1.29 is 19.1 Å². The van der Waals surface area contributed by atoms with Crippen LogP contribution >= 0.6 is 23.1 Å². The molecule has 0 saturated carbocycles. The van der Waals surface area contributed by atoms with Gasteiger partial charge < -0.3 is 10.1 Å². The van der Waals surface area contributed by atoms with Gasteiger partial charge >= 0.3 is 0 Å². The number of morpholine rings is 1. The van der Waals surface area contributed by atoms with Gasteiger partial charge in [0.25, 0.3) is 17.1 Å². The Hall–Kier alpha value is -3.83. The number of amides is 3. The van der Waals surface area contributed by atoms with E-state index in [2.05, 4.69) is 20.5 Å². The van der Waals surface area contributed by atoms with Crippen molar-refractivity contribution in [3.8, 4) is 10.4 Å². The fourth-order valence-electron chi connectivity index (χ4n) is 4.55. The first-order chi connectivity index (χ1) is 19.0. The first kappa shape index (κ1) is 25.4. The number of carbonyl (C=O) groups excluding carboxylic acids is 3. The Morgan fingerprint density at radius 2 is 1.87 bits per heavy atom. The van der Waals surface area contributed by atoms with E-state index in [9.17, 15) is 14.4 Å². The van der Waals surface area contributed by atoms with Gasteiger partial charge in [0, 0.05) is 47.3 Å². The summed E-state index contributed by atoms with van der Waals surface area (Å²) < 4.78 is 5.41. The molecule has 0 spiro atoms. The van der Waals surface area contributed by atoms with Gasteiger partial charge in [-0.05, 0) is 71.4 Å². The Balaban J connectivity index is 1.18. The average molecular weight is 557 g/mol. The van der Waals surface area contributed by atoms with E-state index in [4.69, 9.17) is 4.74 Å². The highest BCUT2D eigenvalue weighted by atomic mass is 32.2. The molecular weight excluding hydrogens is 532 g/mol. The van der Waals surface area contributed by atoms with Crippen LogP contribution in [0.3, 0.4) is 0 Å². The number of aromatic nitrogens is 1. The predicted molar refractivity (Wildman–Crippen MR) is 155 cm³/mol. The van der Waals surface area contributed by atoms with E-state index in [1.54, 1.807) is 12.3 Å². The van der Waals surface area contributed by atoms with Gasteiger partial charge in [0.15, 0.2) is 0 Å². The van der Waals surface area contributed by atoms with Gasteiger partial charge in [-0.25, -0.2) is 0 Å². The molecule has 4 aromatic rings. The van der Waals surface area contributed by atoms with E-state index in [1.165, 1.54) is 16.9 Å². The van der Waals surface area contributed by atoms with Gasteiger partial charge in [-0.1, -0.05) is 18.2 Å². The summed E-state index contributed by atoms with van der Waals surface area (Å²) in [6.45, 7) is 4.27. The second kappa shape index (κ2) is 11.1. The van der Waals surface area contributed by atoms with Crippen LogP contribution < -0.4 is 10.6 Å². The quantitative estimate of drug-likeness (QED) is 0.308. The van der Waals surface area contributed by atoms with Crippen LogP contribution in [0.1, 0.15) is 20.8 Å². The summed E-state index contributed by atoms with van der Waals surface area (Å²) in [5, 5.41) is 5.79. The van der Waals surface area contributed by atoms with Crippen molar-refractivity contribution in [2.75, 3.05) is 31.6 Å². The molecule has 0 atom stereocenters. The Labute approximate surface area is 233 Å². The molecule has 6 rings (SSSR count). The number of anilines is 1. The minimum Gasteiger partial charge on any atom is -0.379 e. The van der Waals surface area contributed by atoms with Crippen LogP contribution in [0.25, 0.3) is 27.4 Å². The molecule has 3 amide bonds. The lowest BCUT2D eigenvalue weighted by Gasteiger charge is -2.26. The van der Waals surface area contributed by atoms with Crippen LogP contribution in [0.2, 0.25) is 0 Å². The number of hydrogen-bond acceptors (Lipinski definition) is 8. The van der Waals surface area contributed by atoms with Crippen molar-refractivity contribution in [1.29, 1.82) is 0 Å². The number of imide groups is 1. The number of nitrogens with zero attached hydrogens (tertiary/aromatic N) is 2. The minimum atomic E-state index is -0.392. The monoisotopic (exact) mass is 556 g/mol. The number of thiophene rings is 1. The Morgan fingerprint density at radius 3 is 2.64 bits per heavy atom. The highest BCUT2D eigenvalue weighted by molar-refractivity contribution is 8.18. The molecule has 0 bridgehead atoms. The molecule has 2 aromatic carbocycles. The maximum atomic E-state index is 13.0. The summed E-state index contributed by atoms with van der Waals surface area (Å²) in [5.74, 6) is -0.554. The number of thioether (sulfide) groups is 1. The lowest BCUT2D eigenvalue weighted by molar-refractivity contribution is -0.115. The number of rotatable bonds is 6. The van der Waals surface area contributed by atoms with Gasteiger partial charge in [-0.2, -0.15) is 0 Å². The van der Waals surface area contributed by atoms with E-state index in [0.29, 0.717) is 9.78 Å². The van der Waals surface area contributed by atoms with Crippen LogP contribution in [0, 0.1) is 0 Å². The van der Waals surface area contributed by atoms with Gasteiger partial charge in [0.1, 0.15) is 0 Å². The van der Waals surface area contributed by atoms with Crippen LogP contribution in [0.4, 0.5) is 10.5 Å². The van der Waals surface area contributed by atoms with Gasteiger partial charge in [0.05, 0.1) is 28.5 Å².